The number of aryl methyl sites for hydroxylation is 1. The second-order valence-corrected chi connectivity index (χ2v) is 6.40. The Morgan fingerprint density at radius 2 is 2.10 bits per heavy atom. The Labute approximate surface area is 119 Å². The van der Waals surface area contributed by atoms with Gasteiger partial charge in [0.1, 0.15) is 0 Å². The Bertz CT molecular complexity index is 584. The molecule has 1 amide bonds. The number of hydrogen-bond donors (Lipinski definition) is 3. The molecule has 112 valence electrons. The zero-order valence-electron chi connectivity index (χ0n) is 11.6. The molecule has 0 saturated heterocycles. The first-order valence-electron chi connectivity index (χ1n) is 6.36. The number of amides is 1. The van der Waals surface area contributed by atoms with Crippen molar-refractivity contribution in [3.63, 3.8) is 0 Å². The molecule has 6 nitrogen and oxygen atoms in total. The van der Waals surface area contributed by atoms with E-state index in [1.807, 2.05) is 6.92 Å². The van der Waals surface area contributed by atoms with Crippen molar-refractivity contribution in [2.24, 2.45) is 5.73 Å². The molecule has 1 aromatic carbocycles. The molecule has 0 aliphatic rings. The van der Waals surface area contributed by atoms with Gasteiger partial charge in [-0.2, -0.15) is 0 Å². The molecule has 1 aromatic rings. The Morgan fingerprint density at radius 3 is 2.65 bits per heavy atom. The Morgan fingerprint density at radius 1 is 1.45 bits per heavy atom. The molecule has 0 aliphatic carbocycles. The Balaban J connectivity index is 2.93. The summed E-state index contributed by atoms with van der Waals surface area (Å²) < 4.78 is 26.4. The fourth-order valence-electron chi connectivity index (χ4n) is 1.76. The first-order chi connectivity index (χ1) is 9.27. The van der Waals surface area contributed by atoms with Crippen LogP contribution in [0.1, 0.15) is 35.7 Å². The van der Waals surface area contributed by atoms with Crippen LogP contribution in [0.3, 0.4) is 0 Å². The van der Waals surface area contributed by atoms with Crippen molar-refractivity contribution in [1.29, 1.82) is 0 Å². The normalized spacial score (nSPS) is 13.2. The van der Waals surface area contributed by atoms with Gasteiger partial charge in [0.15, 0.2) is 0 Å². The molecule has 7 heteroatoms. The third-order valence-corrected chi connectivity index (χ3v) is 4.34. The number of aliphatic hydroxyl groups is 1. The van der Waals surface area contributed by atoms with Gasteiger partial charge in [-0.1, -0.05) is 19.4 Å². The molecule has 0 aliphatic heterocycles. The van der Waals surface area contributed by atoms with E-state index in [1.165, 1.54) is 18.2 Å². The smallest absolute Gasteiger partial charge is 0.249 e. The van der Waals surface area contributed by atoms with E-state index in [0.717, 1.165) is 6.42 Å². The largest absolute Gasteiger partial charge is 0.392 e. The summed E-state index contributed by atoms with van der Waals surface area (Å²) in [6.45, 7) is 3.52. The summed E-state index contributed by atoms with van der Waals surface area (Å²) in [7, 11) is -3.76. The van der Waals surface area contributed by atoms with Gasteiger partial charge in [0.05, 0.1) is 11.0 Å². The van der Waals surface area contributed by atoms with E-state index in [0.29, 0.717) is 12.0 Å². The highest BCUT2D eigenvalue weighted by atomic mass is 32.2. The maximum Gasteiger partial charge on any atom is 0.249 e. The minimum atomic E-state index is -3.76. The number of carbonyl (C=O) groups excluding carboxylic acids is 1. The molecule has 1 atom stereocenters. The lowest BCUT2D eigenvalue weighted by atomic mass is 10.1. The number of aliphatic hydroxyl groups excluding tert-OH is 1. The van der Waals surface area contributed by atoms with E-state index in [9.17, 15) is 18.3 Å². The molecular formula is C13H20N2O4S. The number of nitrogens with one attached hydrogen (secondary N) is 1. The summed E-state index contributed by atoms with van der Waals surface area (Å²) in [4.78, 5) is 11.2. The molecule has 1 unspecified atom stereocenters. The number of primary amides is 1. The monoisotopic (exact) mass is 300 g/mol. The van der Waals surface area contributed by atoms with E-state index in [2.05, 4.69) is 4.72 Å². The fourth-order valence-corrected chi connectivity index (χ4v) is 2.86. The van der Waals surface area contributed by atoms with Crippen molar-refractivity contribution in [1.82, 2.24) is 4.72 Å². The average Bonchev–Trinajstić information content (AvgIpc) is 2.37. The van der Waals surface area contributed by atoms with Gasteiger partial charge in [-0.3, -0.25) is 4.79 Å². The van der Waals surface area contributed by atoms with E-state index >= 15 is 0 Å². The minimum Gasteiger partial charge on any atom is -0.392 e. The highest BCUT2D eigenvalue weighted by Gasteiger charge is 2.18. The van der Waals surface area contributed by atoms with Crippen LogP contribution in [0.15, 0.2) is 23.1 Å². The summed E-state index contributed by atoms with van der Waals surface area (Å²) in [5, 5.41) is 9.55. The van der Waals surface area contributed by atoms with Gasteiger partial charge in [0.2, 0.25) is 15.9 Å². The fraction of sp³-hybridized carbons (Fsp3) is 0.462. The van der Waals surface area contributed by atoms with Gasteiger partial charge in [-0.15, -0.1) is 0 Å². The number of benzene rings is 1. The van der Waals surface area contributed by atoms with Crippen LogP contribution in [-0.4, -0.2) is 32.1 Å². The Hall–Kier alpha value is -1.44. The van der Waals surface area contributed by atoms with Gasteiger partial charge < -0.3 is 10.8 Å². The molecule has 1 rings (SSSR count). The highest BCUT2D eigenvalue weighted by Crippen LogP contribution is 2.15. The SMILES string of the molecule is CCCC(O)CNS(=O)(=O)c1ccc(C)c(C(N)=O)c1. The highest BCUT2D eigenvalue weighted by molar-refractivity contribution is 7.89. The van der Waals surface area contributed by atoms with E-state index in [4.69, 9.17) is 5.73 Å². The molecule has 0 spiro atoms. The molecule has 0 radical (unpaired) electrons. The van der Waals surface area contributed by atoms with Crippen molar-refractivity contribution in [2.75, 3.05) is 6.54 Å². The number of sulfonamides is 1. The van der Waals surface area contributed by atoms with Crippen LogP contribution in [0.4, 0.5) is 0 Å². The summed E-state index contributed by atoms with van der Waals surface area (Å²) >= 11 is 0. The van der Waals surface area contributed by atoms with Crippen molar-refractivity contribution in [2.45, 2.75) is 37.7 Å². The maximum absolute atomic E-state index is 12.1. The van der Waals surface area contributed by atoms with Crippen LogP contribution in [0.25, 0.3) is 0 Å². The lowest BCUT2D eigenvalue weighted by molar-refractivity contribution is 0.0999. The van der Waals surface area contributed by atoms with Gasteiger partial charge in [0, 0.05) is 12.1 Å². The van der Waals surface area contributed by atoms with Crippen LogP contribution < -0.4 is 10.5 Å². The molecular weight excluding hydrogens is 280 g/mol. The lowest BCUT2D eigenvalue weighted by Crippen LogP contribution is -2.32. The topological polar surface area (TPSA) is 109 Å². The van der Waals surface area contributed by atoms with Crippen LogP contribution in [0.2, 0.25) is 0 Å². The van der Waals surface area contributed by atoms with Crippen LogP contribution >= 0.6 is 0 Å². The second-order valence-electron chi connectivity index (χ2n) is 4.64. The molecule has 0 heterocycles. The van der Waals surface area contributed by atoms with Crippen molar-refractivity contribution >= 4 is 15.9 Å². The van der Waals surface area contributed by atoms with Gasteiger partial charge >= 0.3 is 0 Å². The van der Waals surface area contributed by atoms with Crippen LogP contribution in [-0.2, 0) is 10.0 Å². The average molecular weight is 300 g/mol. The minimum absolute atomic E-state index is 0.0411. The second kappa shape index (κ2) is 6.83. The van der Waals surface area contributed by atoms with E-state index in [1.54, 1.807) is 6.92 Å². The third kappa shape index (κ3) is 4.29. The molecule has 0 saturated carbocycles. The van der Waals surface area contributed by atoms with Crippen LogP contribution in [0, 0.1) is 6.92 Å². The third-order valence-electron chi connectivity index (χ3n) is 2.92. The molecule has 0 fully saturated rings. The number of rotatable bonds is 7. The van der Waals surface area contributed by atoms with E-state index in [-0.39, 0.29) is 17.0 Å². The number of carbonyl (C=O) groups is 1. The molecule has 20 heavy (non-hydrogen) atoms. The number of hydrogen-bond acceptors (Lipinski definition) is 4. The van der Waals surface area contributed by atoms with E-state index < -0.39 is 22.0 Å². The zero-order valence-corrected chi connectivity index (χ0v) is 12.4. The summed E-state index contributed by atoms with van der Waals surface area (Å²) in [5.74, 6) is -0.675. The standard InChI is InChI=1S/C13H20N2O4S/c1-3-4-10(16)8-15-20(18,19)11-6-5-9(2)12(7-11)13(14)17/h5-7,10,15-16H,3-4,8H2,1-2H3,(H2,14,17). The summed E-state index contributed by atoms with van der Waals surface area (Å²) in [6.07, 6.45) is 0.554. The first-order valence-corrected chi connectivity index (χ1v) is 7.84. The molecule has 0 aromatic heterocycles. The maximum atomic E-state index is 12.1. The summed E-state index contributed by atoms with van der Waals surface area (Å²) in [6, 6.07) is 4.17. The van der Waals surface area contributed by atoms with Gasteiger partial charge in [0.25, 0.3) is 0 Å². The van der Waals surface area contributed by atoms with Gasteiger partial charge in [-0.25, -0.2) is 13.1 Å². The quantitative estimate of drug-likeness (QED) is 0.682. The number of nitrogens with two attached hydrogens (primary N) is 1. The van der Waals surface area contributed by atoms with Gasteiger partial charge in [-0.05, 0) is 31.0 Å². The Kier molecular flexibility index (Phi) is 5.67. The molecule has 4 N–H and O–H groups in total. The van der Waals surface area contributed by atoms with Crippen molar-refractivity contribution < 1.29 is 18.3 Å². The predicted octanol–water partition coefficient (Wildman–Crippen LogP) is 0.533. The predicted molar refractivity (Wildman–Crippen MR) is 75.8 cm³/mol. The lowest BCUT2D eigenvalue weighted by Gasteiger charge is -2.12. The van der Waals surface area contributed by atoms with Crippen molar-refractivity contribution in [3.05, 3.63) is 29.3 Å². The van der Waals surface area contributed by atoms with Crippen molar-refractivity contribution in [3.8, 4) is 0 Å². The first kappa shape index (κ1) is 16.6. The zero-order chi connectivity index (χ0) is 15.3. The summed E-state index contributed by atoms with van der Waals surface area (Å²) in [5.41, 5.74) is 5.98. The molecule has 0 bridgehead atoms. The van der Waals surface area contributed by atoms with Crippen LogP contribution in [0.5, 0.6) is 0 Å².